The molecule has 1 amide bonds. The maximum atomic E-state index is 12.0. The molecule has 0 aliphatic rings. The number of Topliss-reactive ketones (excluding diaryl/α,β-unsaturated/α-hetero) is 1. The van der Waals surface area contributed by atoms with Crippen molar-refractivity contribution in [3.05, 3.63) is 35.9 Å². The van der Waals surface area contributed by atoms with Crippen molar-refractivity contribution >= 4 is 31.4 Å². The summed E-state index contributed by atoms with van der Waals surface area (Å²) in [5, 5.41) is 22.8. The minimum Gasteiger partial charge on any atom is -0.480 e. The van der Waals surface area contributed by atoms with Crippen LogP contribution in [0.4, 0.5) is 4.79 Å². The Hall–Kier alpha value is -2.72. The molecule has 2 radical (unpaired) electrons. The van der Waals surface area contributed by atoms with E-state index in [1.54, 1.807) is 30.3 Å². The number of carboxylic acid groups (broad SMARTS) is 1. The van der Waals surface area contributed by atoms with E-state index in [1.165, 1.54) is 0 Å². The molecule has 0 aromatic heterocycles. The Bertz CT molecular complexity index is 639. The molecule has 0 aliphatic heterocycles. The van der Waals surface area contributed by atoms with Gasteiger partial charge in [-0.05, 0) is 0 Å². The lowest BCUT2D eigenvalue weighted by molar-refractivity contribution is -0.150. The highest BCUT2D eigenvalue weighted by Crippen LogP contribution is 2.01. The van der Waals surface area contributed by atoms with Crippen molar-refractivity contribution in [1.29, 1.82) is 0 Å². The number of rotatable bonds is 11. The van der Waals surface area contributed by atoms with Crippen LogP contribution in [0, 0.1) is 0 Å². The second kappa shape index (κ2) is 11.0. The average molecular weight is 362 g/mol. The number of hydrogen-bond acceptors (Lipinski definition) is 7. The number of hydrogen-bond donors (Lipinski definition) is 4. The number of aliphatic carboxylic acids is 1. The van der Waals surface area contributed by atoms with Gasteiger partial charge in [0.2, 0.25) is 7.85 Å². The van der Waals surface area contributed by atoms with Crippen molar-refractivity contribution in [2.75, 3.05) is 19.8 Å². The number of aliphatic hydroxyl groups is 1. The van der Waals surface area contributed by atoms with E-state index in [-0.39, 0.29) is 18.9 Å². The highest BCUT2D eigenvalue weighted by molar-refractivity contribution is 6.57. The number of amides is 1. The van der Waals surface area contributed by atoms with Gasteiger partial charge in [0, 0.05) is 5.56 Å². The summed E-state index contributed by atoms with van der Waals surface area (Å²) in [7, 11) is 4.89. The Labute approximate surface area is 151 Å². The van der Waals surface area contributed by atoms with Crippen molar-refractivity contribution in [2.24, 2.45) is 0 Å². The fourth-order valence-electron chi connectivity index (χ4n) is 1.95. The van der Waals surface area contributed by atoms with E-state index in [9.17, 15) is 19.2 Å². The standard InChI is InChI=1S/C16H19BN2O7/c17-16(25)19-11(8-20)9-26-14(22)6-12(15(23)24)18-7-13(21)10-4-2-1-3-5-10/h1-5,11-12,18,20H,6-9H2,(H,19,25)(H,23,24). The zero-order valence-electron chi connectivity index (χ0n) is 13.9. The third kappa shape index (κ3) is 7.91. The number of ketones is 1. The van der Waals surface area contributed by atoms with Crippen LogP contribution < -0.4 is 10.6 Å². The first kappa shape index (κ1) is 21.3. The van der Waals surface area contributed by atoms with E-state index < -0.39 is 42.9 Å². The molecule has 1 rings (SSSR count). The largest absolute Gasteiger partial charge is 0.480 e. The smallest absolute Gasteiger partial charge is 0.321 e. The molecule has 0 bridgehead atoms. The molecule has 0 fully saturated rings. The summed E-state index contributed by atoms with van der Waals surface area (Å²) in [5.74, 6) is -3.42. The predicted molar refractivity (Wildman–Crippen MR) is 90.9 cm³/mol. The van der Waals surface area contributed by atoms with Crippen LogP contribution in [0.25, 0.3) is 0 Å². The van der Waals surface area contributed by atoms with Gasteiger partial charge >= 0.3 is 11.9 Å². The molecular formula is C16H19BN2O7. The summed E-state index contributed by atoms with van der Waals surface area (Å²) < 4.78 is 4.81. The highest BCUT2D eigenvalue weighted by Gasteiger charge is 2.23. The van der Waals surface area contributed by atoms with Gasteiger partial charge in [-0.3, -0.25) is 24.5 Å². The van der Waals surface area contributed by atoms with Gasteiger partial charge in [-0.25, -0.2) is 0 Å². The van der Waals surface area contributed by atoms with Crippen molar-refractivity contribution in [3.63, 3.8) is 0 Å². The summed E-state index contributed by atoms with van der Waals surface area (Å²) in [6.07, 6.45) is -0.536. The molecule has 9 nitrogen and oxygen atoms in total. The number of carboxylic acids is 1. The summed E-state index contributed by atoms with van der Waals surface area (Å²) in [4.78, 5) is 45.6. The van der Waals surface area contributed by atoms with Crippen LogP contribution in [0.2, 0.25) is 0 Å². The molecule has 0 heterocycles. The van der Waals surface area contributed by atoms with Gasteiger partial charge < -0.3 is 20.3 Å². The molecule has 0 aliphatic carbocycles. The third-order valence-corrected chi connectivity index (χ3v) is 3.29. The molecule has 138 valence electrons. The number of aliphatic hydroxyl groups excluding tert-OH is 1. The normalized spacial score (nSPS) is 12.7. The zero-order chi connectivity index (χ0) is 19.5. The first-order valence-corrected chi connectivity index (χ1v) is 7.70. The lowest BCUT2D eigenvalue weighted by Crippen LogP contribution is -2.43. The first-order chi connectivity index (χ1) is 12.3. The second-order valence-electron chi connectivity index (χ2n) is 5.34. The van der Waals surface area contributed by atoms with Crippen LogP contribution in [0.5, 0.6) is 0 Å². The Morgan fingerprint density at radius 1 is 1.15 bits per heavy atom. The van der Waals surface area contributed by atoms with Crippen LogP contribution in [0.1, 0.15) is 16.8 Å². The Balaban J connectivity index is 2.49. The molecule has 0 saturated carbocycles. The summed E-state index contributed by atoms with van der Waals surface area (Å²) in [5.41, 5.74) is 0.412. The molecule has 0 saturated heterocycles. The summed E-state index contributed by atoms with van der Waals surface area (Å²) in [6.45, 7) is -1.15. The number of esters is 1. The van der Waals surface area contributed by atoms with Crippen molar-refractivity contribution in [2.45, 2.75) is 18.5 Å². The van der Waals surface area contributed by atoms with Gasteiger partial charge in [-0.1, -0.05) is 30.3 Å². The van der Waals surface area contributed by atoms with Crippen LogP contribution >= 0.6 is 0 Å². The number of benzene rings is 1. The minimum absolute atomic E-state index is 0.267. The molecule has 1 aromatic rings. The Morgan fingerprint density at radius 2 is 1.81 bits per heavy atom. The predicted octanol–water partition coefficient (Wildman–Crippen LogP) is -0.916. The monoisotopic (exact) mass is 362 g/mol. The van der Waals surface area contributed by atoms with Crippen LogP contribution in [0.15, 0.2) is 30.3 Å². The van der Waals surface area contributed by atoms with E-state index in [4.69, 9.17) is 22.8 Å². The Morgan fingerprint density at radius 3 is 2.35 bits per heavy atom. The van der Waals surface area contributed by atoms with E-state index >= 15 is 0 Å². The lowest BCUT2D eigenvalue weighted by atomic mass is 10.1. The molecule has 1 aromatic carbocycles. The lowest BCUT2D eigenvalue weighted by Gasteiger charge is -2.17. The van der Waals surface area contributed by atoms with Gasteiger partial charge in [0.25, 0.3) is 0 Å². The van der Waals surface area contributed by atoms with Crippen molar-refractivity contribution in [3.8, 4) is 0 Å². The quantitative estimate of drug-likeness (QED) is 0.225. The van der Waals surface area contributed by atoms with E-state index in [1.807, 2.05) is 0 Å². The second-order valence-corrected chi connectivity index (χ2v) is 5.34. The maximum Gasteiger partial charge on any atom is 0.321 e. The number of carbonyl (C=O) groups is 4. The molecule has 0 spiro atoms. The van der Waals surface area contributed by atoms with Crippen LogP contribution in [-0.4, -0.2) is 73.4 Å². The molecule has 10 heteroatoms. The van der Waals surface area contributed by atoms with E-state index in [2.05, 4.69) is 10.6 Å². The number of carbonyl (C=O) groups excluding carboxylic acids is 3. The number of nitrogens with one attached hydrogen (secondary N) is 2. The fourth-order valence-corrected chi connectivity index (χ4v) is 1.95. The van der Waals surface area contributed by atoms with E-state index in [0.29, 0.717) is 5.56 Å². The van der Waals surface area contributed by atoms with Gasteiger partial charge in [0.05, 0.1) is 25.6 Å². The maximum absolute atomic E-state index is 12.0. The number of ether oxygens (including phenoxy) is 1. The highest BCUT2D eigenvalue weighted by atomic mass is 16.5. The van der Waals surface area contributed by atoms with Crippen LogP contribution in [-0.2, 0) is 14.3 Å². The first-order valence-electron chi connectivity index (χ1n) is 7.70. The molecular weight excluding hydrogens is 343 g/mol. The summed E-state index contributed by atoms with van der Waals surface area (Å²) in [6, 6.07) is 6.06. The average Bonchev–Trinajstić information content (AvgIpc) is 2.61. The molecule has 4 N–H and O–H groups in total. The zero-order valence-corrected chi connectivity index (χ0v) is 13.9. The third-order valence-electron chi connectivity index (χ3n) is 3.29. The fraction of sp³-hybridized carbons (Fsp3) is 0.375. The van der Waals surface area contributed by atoms with Gasteiger partial charge in [-0.2, -0.15) is 0 Å². The SMILES string of the molecule is [B]C(=O)NC(CO)COC(=O)CC(NCC(=O)c1ccccc1)C(=O)O. The minimum atomic E-state index is -1.33. The van der Waals surface area contributed by atoms with Crippen LogP contribution in [0.3, 0.4) is 0 Å². The molecule has 26 heavy (non-hydrogen) atoms. The van der Waals surface area contributed by atoms with E-state index in [0.717, 1.165) is 0 Å². The van der Waals surface area contributed by atoms with Gasteiger partial charge in [0.1, 0.15) is 12.6 Å². The summed E-state index contributed by atoms with van der Waals surface area (Å²) >= 11 is 0. The molecule has 2 atom stereocenters. The molecule has 2 unspecified atom stereocenters. The van der Waals surface area contributed by atoms with Gasteiger partial charge in [-0.15, -0.1) is 0 Å². The van der Waals surface area contributed by atoms with Crippen molar-refractivity contribution < 1.29 is 34.1 Å². The topological polar surface area (TPSA) is 142 Å². The van der Waals surface area contributed by atoms with Gasteiger partial charge in [0.15, 0.2) is 11.6 Å². The van der Waals surface area contributed by atoms with Crippen molar-refractivity contribution in [1.82, 2.24) is 10.6 Å². The Kier molecular flexibility index (Phi) is 9.03.